The fourth-order valence-electron chi connectivity index (χ4n) is 1.16. The zero-order valence-corrected chi connectivity index (χ0v) is 10.7. The van der Waals surface area contributed by atoms with Crippen LogP contribution in [-0.2, 0) is 4.79 Å². The van der Waals surface area contributed by atoms with Crippen LogP contribution >= 0.6 is 11.3 Å². The summed E-state index contributed by atoms with van der Waals surface area (Å²) in [6, 6.07) is 1.65. The molecule has 1 aromatic rings. The predicted molar refractivity (Wildman–Crippen MR) is 64.7 cm³/mol. The third kappa shape index (κ3) is 3.20. The van der Waals surface area contributed by atoms with Crippen molar-refractivity contribution in [3.05, 3.63) is 15.8 Å². The highest BCUT2D eigenvalue weighted by molar-refractivity contribution is 7.14. The van der Waals surface area contributed by atoms with Crippen LogP contribution in [0, 0.1) is 0 Å². The van der Waals surface area contributed by atoms with Crippen LogP contribution in [0.4, 0.5) is 0 Å². The van der Waals surface area contributed by atoms with E-state index in [9.17, 15) is 9.59 Å². The molecule has 6 heteroatoms. The first-order chi connectivity index (χ1) is 7.82. The molecular formula is C11H15NO4S. The lowest BCUT2D eigenvalue weighted by atomic mass is 10.2. The molecule has 1 atom stereocenters. The Kier molecular flexibility index (Phi) is 4.11. The van der Waals surface area contributed by atoms with Crippen molar-refractivity contribution in [2.24, 2.45) is 5.73 Å². The maximum atomic E-state index is 11.0. The summed E-state index contributed by atoms with van der Waals surface area (Å²) in [5, 5.41) is 9.03. The minimum Gasteiger partial charge on any atom is -0.479 e. The fourth-order valence-corrected chi connectivity index (χ4v) is 2.09. The van der Waals surface area contributed by atoms with E-state index in [4.69, 9.17) is 15.6 Å². The van der Waals surface area contributed by atoms with E-state index < -0.39 is 18.0 Å². The molecule has 17 heavy (non-hydrogen) atoms. The number of rotatable bonds is 5. The highest BCUT2D eigenvalue weighted by atomic mass is 32.1. The summed E-state index contributed by atoms with van der Waals surface area (Å²) in [5.74, 6) is -1.27. The smallest absolute Gasteiger partial charge is 0.349 e. The van der Waals surface area contributed by atoms with Crippen LogP contribution in [0.15, 0.2) is 6.07 Å². The molecule has 0 fully saturated rings. The molecule has 0 bridgehead atoms. The summed E-state index contributed by atoms with van der Waals surface area (Å²) < 4.78 is 5.25. The number of carboxylic acid groups (broad SMARTS) is 1. The number of primary amides is 1. The SMILES string of the molecule is CC(Oc1cc(C(C)C)sc1C(=O)O)C(N)=O. The van der Waals surface area contributed by atoms with Gasteiger partial charge in [-0.15, -0.1) is 11.3 Å². The Morgan fingerprint density at radius 1 is 1.41 bits per heavy atom. The number of ether oxygens (including phenoxy) is 1. The van der Waals surface area contributed by atoms with Gasteiger partial charge in [0.1, 0.15) is 5.75 Å². The van der Waals surface area contributed by atoms with Crippen molar-refractivity contribution in [3.63, 3.8) is 0 Å². The van der Waals surface area contributed by atoms with Gasteiger partial charge in [0, 0.05) is 4.88 Å². The first-order valence-corrected chi connectivity index (χ1v) is 5.97. The molecule has 5 nitrogen and oxygen atoms in total. The highest BCUT2D eigenvalue weighted by Gasteiger charge is 2.21. The molecule has 1 heterocycles. The Balaban J connectivity index is 3.04. The molecule has 0 aliphatic rings. The van der Waals surface area contributed by atoms with Crippen LogP contribution in [-0.4, -0.2) is 23.1 Å². The molecule has 0 radical (unpaired) electrons. The molecule has 0 saturated carbocycles. The van der Waals surface area contributed by atoms with E-state index in [2.05, 4.69) is 0 Å². The first kappa shape index (κ1) is 13.5. The summed E-state index contributed by atoms with van der Waals surface area (Å²) in [6.45, 7) is 5.40. The van der Waals surface area contributed by atoms with E-state index in [0.29, 0.717) is 0 Å². The van der Waals surface area contributed by atoms with E-state index in [-0.39, 0.29) is 16.5 Å². The Labute approximate surface area is 103 Å². The van der Waals surface area contributed by atoms with Crippen molar-refractivity contribution >= 4 is 23.2 Å². The first-order valence-electron chi connectivity index (χ1n) is 5.16. The summed E-state index contributed by atoms with van der Waals surface area (Å²) in [5.41, 5.74) is 5.07. The number of amides is 1. The second kappa shape index (κ2) is 5.18. The Morgan fingerprint density at radius 2 is 2.00 bits per heavy atom. The third-order valence-electron chi connectivity index (χ3n) is 2.18. The lowest BCUT2D eigenvalue weighted by Gasteiger charge is -2.10. The van der Waals surface area contributed by atoms with Gasteiger partial charge in [-0.2, -0.15) is 0 Å². The van der Waals surface area contributed by atoms with Gasteiger partial charge in [0.2, 0.25) is 0 Å². The third-order valence-corrected chi connectivity index (χ3v) is 3.59. The van der Waals surface area contributed by atoms with Gasteiger partial charge < -0.3 is 15.6 Å². The molecule has 0 aromatic carbocycles. The number of carboxylic acids is 1. The van der Waals surface area contributed by atoms with E-state index in [0.717, 1.165) is 16.2 Å². The number of aromatic carboxylic acids is 1. The fraction of sp³-hybridized carbons (Fsp3) is 0.455. The molecule has 0 saturated heterocycles. The Morgan fingerprint density at radius 3 is 2.41 bits per heavy atom. The lowest BCUT2D eigenvalue weighted by Crippen LogP contribution is -2.30. The normalized spacial score (nSPS) is 12.5. The molecule has 3 N–H and O–H groups in total. The van der Waals surface area contributed by atoms with Crippen LogP contribution < -0.4 is 10.5 Å². The van der Waals surface area contributed by atoms with Crippen molar-refractivity contribution < 1.29 is 19.4 Å². The van der Waals surface area contributed by atoms with E-state index in [1.165, 1.54) is 6.92 Å². The van der Waals surface area contributed by atoms with Crippen LogP contribution in [0.1, 0.15) is 41.2 Å². The van der Waals surface area contributed by atoms with Crippen LogP contribution in [0.2, 0.25) is 0 Å². The monoisotopic (exact) mass is 257 g/mol. The van der Waals surface area contributed by atoms with Crippen molar-refractivity contribution in [2.75, 3.05) is 0 Å². The lowest BCUT2D eigenvalue weighted by molar-refractivity contribution is -0.124. The largest absolute Gasteiger partial charge is 0.479 e. The molecule has 94 valence electrons. The van der Waals surface area contributed by atoms with Gasteiger partial charge >= 0.3 is 5.97 Å². The summed E-state index contributed by atoms with van der Waals surface area (Å²) >= 11 is 1.15. The van der Waals surface area contributed by atoms with Crippen molar-refractivity contribution in [1.82, 2.24) is 0 Å². The van der Waals surface area contributed by atoms with E-state index in [1.807, 2.05) is 13.8 Å². The molecule has 1 unspecified atom stereocenters. The van der Waals surface area contributed by atoms with Gasteiger partial charge in [0.25, 0.3) is 5.91 Å². The van der Waals surface area contributed by atoms with Gasteiger partial charge in [-0.05, 0) is 18.9 Å². The second-order valence-electron chi connectivity index (χ2n) is 3.96. The summed E-state index contributed by atoms with van der Waals surface area (Å²) in [6.07, 6.45) is -0.845. The maximum absolute atomic E-state index is 11.0. The zero-order chi connectivity index (χ0) is 13.2. The molecular weight excluding hydrogens is 242 g/mol. The number of hydrogen-bond acceptors (Lipinski definition) is 4. The highest BCUT2D eigenvalue weighted by Crippen LogP contribution is 2.34. The average Bonchev–Trinajstić information content (AvgIpc) is 2.61. The van der Waals surface area contributed by atoms with E-state index in [1.54, 1.807) is 6.07 Å². The summed E-state index contributed by atoms with van der Waals surface area (Å²) in [4.78, 5) is 22.9. The van der Waals surface area contributed by atoms with Crippen molar-refractivity contribution in [1.29, 1.82) is 0 Å². The second-order valence-corrected chi connectivity index (χ2v) is 5.05. The Hall–Kier alpha value is -1.56. The van der Waals surface area contributed by atoms with Gasteiger partial charge in [0.15, 0.2) is 11.0 Å². The van der Waals surface area contributed by atoms with E-state index >= 15 is 0 Å². The minimum absolute atomic E-state index is 0.0989. The minimum atomic E-state index is -1.06. The van der Waals surface area contributed by atoms with Crippen LogP contribution in [0.3, 0.4) is 0 Å². The molecule has 0 aliphatic carbocycles. The number of carbonyl (C=O) groups excluding carboxylic acids is 1. The predicted octanol–water partition coefficient (Wildman–Crippen LogP) is 1.82. The van der Waals surface area contributed by atoms with Gasteiger partial charge in [-0.3, -0.25) is 4.79 Å². The van der Waals surface area contributed by atoms with Crippen molar-refractivity contribution in [2.45, 2.75) is 32.8 Å². The van der Waals surface area contributed by atoms with Crippen LogP contribution in [0.25, 0.3) is 0 Å². The number of carbonyl (C=O) groups is 2. The molecule has 1 aromatic heterocycles. The molecule has 0 aliphatic heterocycles. The van der Waals surface area contributed by atoms with Gasteiger partial charge in [0.05, 0.1) is 0 Å². The molecule has 1 rings (SSSR count). The Bertz CT molecular complexity index is 439. The topological polar surface area (TPSA) is 89.6 Å². The van der Waals surface area contributed by atoms with Crippen LogP contribution in [0.5, 0.6) is 5.75 Å². The molecule has 1 amide bonds. The quantitative estimate of drug-likeness (QED) is 0.842. The zero-order valence-electron chi connectivity index (χ0n) is 9.89. The molecule has 0 spiro atoms. The van der Waals surface area contributed by atoms with Gasteiger partial charge in [-0.1, -0.05) is 13.8 Å². The van der Waals surface area contributed by atoms with Crippen molar-refractivity contribution in [3.8, 4) is 5.75 Å². The number of thiophene rings is 1. The number of hydrogen-bond donors (Lipinski definition) is 2. The average molecular weight is 257 g/mol. The maximum Gasteiger partial charge on any atom is 0.349 e. The van der Waals surface area contributed by atoms with Gasteiger partial charge in [-0.25, -0.2) is 4.79 Å². The standard InChI is InChI=1S/C11H15NO4S/c1-5(2)8-4-7(9(17-8)11(14)15)16-6(3)10(12)13/h4-6H,1-3H3,(H2,12,13)(H,14,15). The number of nitrogens with two attached hydrogens (primary N) is 1. The summed E-state index contributed by atoms with van der Waals surface area (Å²) in [7, 11) is 0.